The summed E-state index contributed by atoms with van der Waals surface area (Å²) >= 11 is 0. The summed E-state index contributed by atoms with van der Waals surface area (Å²) < 4.78 is 0. The summed E-state index contributed by atoms with van der Waals surface area (Å²) in [6, 6.07) is 8.38. The van der Waals surface area contributed by atoms with Crippen molar-refractivity contribution in [3.63, 3.8) is 0 Å². The molecule has 8 heteroatoms. The van der Waals surface area contributed by atoms with Gasteiger partial charge in [0, 0.05) is 51.4 Å². The smallest absolute Gasteiger partial charge is 0.290 e. The van der Waals surface area contributed by atoms with Crippen LogP contribution in [0.5, 0.6) is 0 Å². The van der Waals surface area contributed by atoms with Crippen molar-refractivity contribution in [1.29, 1.82) is 0 Å². The first-order valence-corrected chi connectivity index (χ1v) is 9.12. The van der Waals surface area contributed by atoms with Gasteiger partial charge in [-0.15, -0.1) is 0 Å². The number of carbonyl (C=O) groups excluding carboxylic acids is 2. The fourth-order valence-electron chi connectivity index (χ4n) is 3.61. The number of nitrogens with two attached hydrogens (primary N) is 1. The molecular formula is C19H28N4O4. The average molecular weight is 376 g/mol. The Morgan fingerprint density at radius 1 is 1.22 bits per heavy atom. The highest BCUT2D eigenvalue weighted by Crippen LogP contribution is 2.27. The lowest BCUT2D eigenvalue weighted by atomic mass is 10.1. The monoisotopic (exact) mass is 376 g/mol. The van der Waals surface area contributed by atoms with Gasteiger partial charge in [0.25, 0.3) is 6.47 Å². The van der Waals surface area contributed by atoms with E-state index in [1.807, 2.05) is 13.1 Å². The van der Waals surface area contributed by atoms with E-state index in [2.05, 4.69) is 28.0 Å². The van der Waals surface area contributed by atoms with Crippen LogP contribution in [0, 0.1) is 5.92 Å². The number of carbonyl (C=O) groups is 3. The maximum Gasteiger partial charge on any atom is 0.290 e. The number of hydrogen-bond donors (Lipinski definition) is 2. The lowest BCUT2D eigenvalue weighted by Gasteiger charge is -2.25. The zero-order valence-corrected chi connectivity index (χ0v) is 15.7. The fraction of sp³-hybridized carbons (Fsp3) is 0.526. The minimum Gasteiger partial charge on any atom is -0.483 e. The van der Waals surface area contributed by atoms with Gasteiger partial charge in [0.2, 0.25) is 11.8 Å². The molecule has 1 atom stereocenters. The fourth-order valence-corrected chi connectivity index (χ4v) is 3.61. The van der Waals surface area contributed by atoms with E-state index in [1.54, 1.807) is 4.90 Å². The van der Waals surface area contributed by atoms with Crippen LogP contribution in [0.4, 0.5) is 5.69 Å². The molecule has 3 rings (SSSR count). The molecule has 0 aromatic heterocycles. The molecule has 1 unspecified atom stereocenters. The molecule has 2 aliphatic heterocycles. The van der Waals surface area contributed by atoms with Gasteiger partial charge in [-0.3, -0.25) is 14.4 Å². The molecule has 3 N–H and O–H groups in total. The molecule has 27 heavy (non-hydrogen) atoms. The van der Waals surface area contributed by atoms with Gasteiger partial charge in [-0.2, -0.15) is 0 Å². The molecule has 2 aliphatic rings. The number of rotatable bonds is 4. The summed E-state index contributed by atoms with van der Waals surface area (Å²) in [5.41, 5.74) is 8.08. The summed E-state index contributed by atoms with van der Waals surface area (Å²) in [4.78, 5) is 38.7. The van der Waals surface area contributed by atoms with E-state index < -0.39 is 0 Å². The third-order valence-corrected chi connectivity index (χ3v) is 5.06. The van der Waals surface area contributed by atoms with Crippen molar-refractivity contribution in [2.75, 3.05) is 51.2 Å². The molecule has 8 nitrogen and oxygen atoms in total. The maximum atomic E-state index is 12.6. The number of hydrogen-bond acceptors (Lipinski definition) is 5. The van der Waals surface area contributed by atoms with Crippen molar-refractivity contribution in [3.05, 3.63) is 29.8 Å². The largest absolute Gasteiger partial charge is 0.483 e. The molecule has 1 saturated heterocycles. The van der Waals surface area contributed by atoms with Gasteiger partial charge < -0.3 is 25.5 Å². The average Bonchev–Trinajstić information content (AvgIpc) is 2.94. The van der Waals surface area contributed by atoms with Crippen LogP contribution in [0.15, 0.2) is 24.3 Å². The van der Waals surface area contributed by atoms with Crippen molar-refractivity contribution >= 4 is 24.0 Å². The number of benzene rings is 1. The van der Waals surface area contributed by atoms with Crippen LogP contribution >= 0.6 is 0 Å². The highest BCUT2D eigenvalue weighted by Gasteiger charge is 2.28. The van der Waals surface area contributed by atoms with Crippen LogP contribution in [-0.4, -0.2) is 79.5 Å². The van der Waals surface area contributed by atoms with Gasteiger partial charge in [-0.05, 0) is 25.1 Å². The third-order valence-electron chi connectivity index (χ3n) is 5.06. The van der Waals surface area contributed by atoms with E-state index in [0.717, 1.165) is 26.1 Å². The Bertz CT molecular complexity index is 667. The van der Waals surface area contributed by atoms with E-state index in [0.29, 0.717) is 26.1 Å². The van der Waals surface area contributed by atoms with E-state index in [-0.39, 0.29) is 24.2 Å². The molecule has 148 valence electrons. The Labute approximate surface area is 159 Å². The molecular weight excluding hydrogens is 348 g/mol. The normalized spacial score (nSPS) is 19.5. The van der Waals surface area contributed by atoms with Gasteiger partial charge in [0.1, 0.15) is 0 Å². The van der Waals surface area contributed by atoms with Crippen molar-refractivity contribution < 1.29 is 19.5 Å². The molecule has 2 heterocycles. The predicted molar refractivity (Wildman–Crippen MR) is 102 cm³/mol. The highest BCUT2D eigenvalue weighted by atomic mass is 16.3. The molecule has 0 saturated carbocycles. The van der Waals surface area contributed by atoms with E-state index in [1.165, 1.54) is 11.3 Å². The summed E-state index contributed by atoms with van der Waals surface area (Å²) in [5.74, 6) is -0.495. The van der Waals surface area contributed by atoms with E-state index in [4.69, 9.17) is 15.6 Å². The quantitative estimate of drug-likeness (QED) is 0.717. The lowest BCUT2D eigenvalue weighted by Crippen LogP contribution is -2.41. The summed E-state index contributed by atoms with van der Waals surface area (Å²) in [7, 11) is 1.96. The number of para-hydroxylation sites is 1. The summed E-state index contributed by atoms with van der Waals surface area (Å²) in [6.07, 6.45) is 1.52. The van der Waals surface area contributed by atoms with Gasteiger partial charge in [0.15, 0.2) is 0 Å². The topological polar surface area (TPSA) is 107 Å². The Hall–Kier alpha value is -2.61. The number of fused-ring (bicyclic) bond motifs is 1. The second-order valence-electron chi connectivity index (χ2n) is 6.92. The summed E-state index contributed by atoms with van der Waals surface area (Å²) in [5, 5.41) is 6.89. The van der Waals surface area contributed by atoms with Crippen molar-refractivity contribution in [2.24, 2.45) is 11.7 Å². The molecule has 0 bridgehead atoms. The number of amides is 2. The SMILES string of the molecule is CN1CCN(C(=O)CCN2CCc3ccccc32)CC(C(N)=O)C1.O=CO. The van der Waals surface area contributed by atoms with E-state index >= 15 is 0 Å². The Morgan fingerprint density at radius 3 is 2.63 bits per heavy atom. The van der Waals surface area contributed by atoms with Gasteiger partial charge in [0.05, 0.1) is 5.92 Å². The van der Waals surface area contributed by atoms with Crippen LogP contribution in [0.25, 0.3) is 0 Å². The number of primary amides is 1. The van der Waals surface area contributed by atoms with Crippen molar-refractivity contribution in [2.45, 2.75) is 12.8 Å². The Morgan fingerprint density at radius 2 is 1.93 bits per heavy atom. The highest BCUT2D eigenvalue weighted by molar-refractivity contribution is 5.80. The van der Waals surface area contributed by atoms with Crippen LogP contribution in [0.3, 0.4) is 0 Å². The number of nitrogens with zero attached hydrogens (tertiary/aromatic N) is 3. The standard InChI is InChI=1S/C18H26N4O2.CH2O2/c1-20-10-11-22(13-15(12-20)18(19)24)17(23)7-9-21-8-6-14-4-2-3-5-16(14)21;2-1-3/h2-5,15H,6-13H2,1H3,(H2,19,24);1H,(H,2,3). The van der Waals surface area contributed by atoms with Crippen LogP contribution < -0.4 is 10.6 Å². The summed E-state index contributed by atoms with van der Waals surface area (Å²) in [6.45, 7) is 3.95. The molecule has 1 aromatic rings. The third kappa shape index (κ3) is 5.68. The first-order valence-electron chi connectivity index (χ1n) is 9.12. The minimum absolute atomic E-state index is 0.112. The van der Waals surface area contributed by atoms with Crippen LogP contribution in [0.1, 0.15) is 12.0 Å². The second kappa shape index (κ2) is 9.91. The predicted octanol–water partition coefficient (Wildman–Crippen LogP) is 0.0155. The Balaban J connectivity index is 0.000000817. The first-order chi connectivity index (χ1) is 13.0. The van der Waals surface area contributed by atoms with Gasteiger partial charge in [-0.25, -0.2) is 0 Å². The van der Waals surface area contributed by atoms with Crippen LogP contribution in [-0.2, 0) is 20.8 Å². The van der Waals surface area contributed by atoms with Crippen molar-refractivity contribution in [1.82, 2.24) is 9.80 Å². The number of likely N-dealkylation sites (N-methyl/N-ethyl adjacent to an activating group) is 1. The van der Waals surface area contributed by atoms with E-state index in [9.17, 15) is 9.59 Å². The molecule has 0 radical (unpaired) electrons. The van der Waals surface area contributed by atoms with Crippen LogP contribution in [0.2, 0.25) is 0 Å². The molecule has 0 spiro atoms. The van der Waals surface area contributed by atoms with Gasteiger partial charge >= 0.3 is 0 Å². The minimum atomic E-state index is -0.324. The Kier molecular flexibility index (Phi) is 7.60. The number of carboxylic acid groups (broad SMARTS) is 1. The zero-order chi connectivity index (χ0) is 19.8. The molecule has 1 aromatic carbocycles. The van der Waals surface area contributed by atoms with Gasteiger partial charge in [-0.1, -0.05) is 18.2 Å². The molecule has 2 amide bonds. The van der Waals surface area contributed by atoms with Crippen molar-refractivity contribution in [3.8, 4) is 0 Å². The first kappa shape index (κ1) is 20.7. The lowest BCUT2D eigenvalue weighted by molar-refractivity contribution is -0.132. The second-order valence-corrected chi connectivity index (χ2v) is 6.92. The maximum absolute atomic E-state index is 12.6. The molecule has 1 fully saturated rings. The zero-order valence-electron chi connectivity index (χ0n) is 15.7. The molecule has 0 aliphatic carbocycles. The number of anilines is 1.